The highest BCUT2D eigenvalue weighted by molar-refractivity contribution is 9.10. The van der Waals surface area contributed by atoms with Crippen LogP contribution in [0.5, 0.6) is 0 Å². The first kappa shape index (κ1) is 13.6. The number of thiazole rings is 1. The number of rotatable bonds is 3. The molecule has 1 atom stereocenters. The Balaban J connectivity index is 2.20. The van der Waals surface area contributed by atoms with Crippen molar-refractivity contribution in [2.24, 2.45) is 5.73 Å². The Morgan fingerprint density at radius 1 is 1.39 bits per heavy atom. The molecule has 0 aliphatic carbocycles. The van der Waals surface area contributed by atoms with Gasteiger partial charge in [-0.25, -0.2) is 9.37 Å². The second kappa shape index (κ2) is 5.47. The number of aromatic nitrogens is 1. The molecular weight excluding hydrogens is 315 g/mol. The maximum Gasteiger partial charge on any atom is 0.124 e. The largest absolute Gasteiger partial charge is 0.323 e. The number of nitrogens with two attached hydrogens (primary N) is 1. The van der Waals surface area contributed by atoms with E-state index in [2.05, 4.69) is 20.9 Å². The highest BCUT2D eigenvalue weighted by Gasteiger charge is 2.14. The van der Waals surface area contributed by atoms with Crippen LogP contribution in [0, 0.1) is 19.7 Å². The highest BCUT2D eigenvalue weighted by atomic mass is 79.9. The number of hydrogen-bond acceptors (Lipinski definition) is 3. The van der Waals surface area contributed by atoms with Crippen molar-refractivity contribution < 1.29 is 4.39 Å². The third kappa shape index (κ3) is 3.16. The van der Waals surface area contributed by atoms with E-state index in [1.54, 1.807) is 11.3 Å². The van der Waals surface area contributed by atoms with Gasteiger partial charge in [0.1, 0.15) is 5.82 Å². The van der Waals surface area contributed by atoms with E-state index < -0.39 is 0 Å². The minimum absolute atomic E-state index is 0.134. The van der Waals surface area contributed by atoms with E-state index >= 15 is 0 Å². The number of aryl methyl sites for hydroxylation is 2. The second-order valence-corrected chi connectivity index (χ2v) is 6.42. The smallest absolute Gasteiger partial charge is 0.124 e. The van der Waals surface area contributed by atoms with E-state index in [9.17, 15) is 4.39 Å². The van der Waals surface area contributed by atoms with Crippen LogP contribution in [0.15, 0.2) is 22.7 Å². The fraction of sp³-hybridized carbons (Fsp3) is 0.308. The summed E-state index contributed by atoms with van der Waals surface area (Å²) in [7, 11) is 0. The molecule has 1 heterocycles. The molecule has 5 heteroatoms. The summed E-state index contributed by atoms with van der Waals surface area (Å²) in [6.45, 7) is 3.92. The maximum absolute atomic E-state index is 13.3. The average Bonchev–Trinajstić information content (AvgIpc) is 2.56. The molecule has 0 aliphatic heterocycles. The van der Waals surface area contributed by atoms with Gasteiger partial charge in [0.15, 0.2) is 0 Å². The lowest BCUT2D eigenvalue weighted by atomic mass is 10.0. The van der Waals surface area contributed by atoms with E-state index in [4.69, 9.17) is 5.73 Å². The van der Waals surface area contributed by atoms with Crippen molar-refractivity contribution in [1.29, 1.82) is 0 Å². The van der Waals surface area contributed by atoms with Crippen LogP contribution in [0.1, 0.15) is 27.2 Å². The lowest BCUT2D eigenvalue weighted by Gasteiger charge is -2.11. The van der Waals surface area contributed by atoms with Crippen molar-refractivity contribution in [3.8, 4) is 0 Å². The van der Waals surface area contributed by atoms with Gasteiger partial charge < -0.3 is 5.73 Å². The summed E-state index contributed by atoms with van der Waals surface area (Å²) in [6, 6.07) is 4.72. The number of benzene rings is 1. The molecule has 2 rings (SSSR count). The summed E-state index contributed by atoms with van der Waals surface area (Å²) < 4.78 is 14.0. The molecule has 0 aliphatic rings. The van der Waals surface area contributed by atoms with Crippen molar-refractivity contribution in [2.75, 3.05) is 0 Å². The van der Waals surface area contributed by atoms with E-state index in [0.29, 0.717) is 6.42 Å². The zero-order valence-corrected chi connectivity index (χ0v) is 12.6. The van der Waals surface area contributed by atoms with Crippen molar-refractivity contribution in [1.82, 2.24) is 4.98 Å². The van der Waals surface area contributed by atoms with Gasteiger partial charge in [0.05, 0.1) is 10.7 Å². The van der Waals surface area contributed by atoms with Gasteiger partial charge in [0, 0.05) is 15.4 Å². The fourth-order valence-electron chi connectivity index (χ4n) is 1.97. The third-order valence-electron chi connectivity index (χ3n) is 2.65. The molecule has 1 aromatic carbocycles. The Bertz CT molecular complexity index is 548. The first-order valence-electron chi connectivity index (χ1n) is 5.60. The average molecular weight is 329 g/mol. The molecule has 1 aromatic heterocycles. The summed E-state index contributed by atoms with van der Waals surface area (Å²) in [4.78, 5) is 5.44. The highest BCUT2D eigenvalue weighted by Crippen LogP contribution is 2.26. The van der Waals surface area contributed by atoms with Gasteiger partial charge in [0.25, 0.3) is 0 Å². The van der Waals surface area contributed by atoms with E-state index in [0.717, 1.165) is 25.6 Å². The molecule has 2 nitrogen and oxygen atoms in total. The molecule has 2 N–H and O–H groups in total. The van der Waals surface area contributed by atoms with Crippen LogP contribution < -0.4 is 5.73 Å². The molecule has 2 aromatic rings. The molecule has 0 bridgehead atoms. The van der Waals surface area contributed by atoms with Crippen molar-refractivity contribution in [2.45, 2.75) is 26.3 Å². The van der Waals surface area contributed by atoms with Gasteiger partial charge in [0.2, 0.25) is 0 Å². The third-order valence-corrected chi connectivity index (χ3v) is 4.32. The summed E-state index contributed by atoms with van der Waals surface area (Å²) in [5.41, 5.74) is 8.04. The van der Waals surface area contributed by atoms with Gasteiger partial charge in [-0.15, -0.1) is 11.3 Å². The Hall–Kier alpha value is -0.780. The number of halogens is 2. The van der Waals surface area contributed by atoms with Crippen LogP contribution in [0.4, 0.5) is 4.39 Å². The van der Waals surface area contributed by atoms with Gasteiger partial charge in [-0.05, 0) is 44.0 Å². The molecule has 1 unspecified atom stereocenters. The normalized spacial score (nSPS) is 12.7. The van der Waals surface area contributed by atoms with Crippen LogP contribution in [-0.4, -0.2) is 4.98 Å². The van der Waals surface area contributed by atoms with Gasteiger partial charge in [-0.3, -0.25) is 0 Å². The van der Waals surface area contributed by atoms with Crippen molar-refractivity contribution in [3.63, 3.8) is 0 Å². The number of nitrogens with zero attached hydrogens (tertiary/aromatic N) is 1. The zero-order valence-electron chi connectivity index (χ0n) is 10.2. The molecule has 96 valence electrons. The minimum atomic E-state index is -0.246. The van der Waals surface area contributed by atoms with Gasteiger partial charge >= 0.3 is 0 Å². The van der Waals surface area contributed by atoms with Crippen LogP contribution >= 0.6 is 27.3 Å². The number of hydrogen-bond donors (Lipinski definition) is 1. The van der Waals surface area contributed by atoms with E-state index in [1.165, 1.54) is 12.1 Å². The fourth-order valence-corrected chi connectivity index (χ4v) is 3.41. The zero-order chi connectivity index (χ0) is 13.3. The van der Waals surface area contributed by atoms with Crippen LogP contribution in [-0.2, 0) is 6.42 Å². The minimum Gasteiger partial charge on any atom is -0.323 e. The monoisotopic (exact) mass is 328 g/mol. The Labute approximate surface area is 118 Å². The maximum atomic E-state index is 13.3. The summed E-state index contributed by atoms with van der Waals surface area (Å²) in [5.74, 6) is -0.246. The van der Waals surface area contributed by atoms with E-state index in [-0.39, 0.29) is 11.9 Å². The molecule has 0 radical (unpaired) electrons. The standard InChI is InChI=1S/C13H14BrFN2S/c1-7-13(18-8(2)17-7)12(16)5-9-3-10(14)6-11(15)4-9/h3-4,6,12H,5,16H2,1-2H3. The van der Waals surface area contributed by atoms with Gasteiger partial charge in [-0.1, -0.05) is 15.9 Å². The SMILES string of the molecule is Cc1nc(C)c(C(N)Cc2cc(F)cc(Br)c2)s1. The predicted octanol–water partition coefficient (Wildman–Crippen LogP) is 3.90. The summed E-state index contributed by atoms with van der Waals surface area (Å²) in [6.07, 6.45) is 0.610. The molecule has 0 fully saturated rings. The lowest BCUT2D eigenvalue weighted by molar-refractivity contribution is 0.621. The summed E-state index contributed by atoms with van der Waals surface area (Å²) in [5, 5.41) is 1.01. The first-order valence-corrected chi connectivity index (χ1v) is 7.21. The topological polar surface area (TPSA) is 38.9 Å². The molecule has 0 spiro atoms. The second-order valence-electron chi connectivity index (χ2n) is 4.27. The Kier molecular flexibility index (Phi) is 4.14. The first-order chi connectivity index (χ1) is 8.45. The Morgan fingerprint density at radius 2 is 2.11 bits per heavy atom. The lowest BCUT2D eigenvalue weighted by Crippen LogP contribution is -2.13. The van der Waals surface area contributed by atoms with Crippen molar-refractivity contribution >= 4 is 27.3 Å². The molecule has 18 heavy (non-hydrogen) atoms. The predicted molar refractivity (Wildman–Crippen MR) is 76.3 cm³/mol. The van der Waals surface area contributed by atoms with Gasteiger partial charge in [-0.2, -0.15) is 0 Å². The van der Waals surface area contributed by atoms with Crippen LogP contribution in [0.3, 0.4) is 0 Å². The molecule has 0 amide bonds. The molecular formula is C13H14BrFN2S. The summed E-state index contributed by atoms with van der Waals surface area (Å²) >= 11 is 4.90. The quantitative estimate of drug-likeness (QED) is 0.927. The van der Waals surface area contributed by atoms with E-state index in [1.807, 2.05) is 19.9 Å². The van der Waals surface area contributed by atoms with Crippen molar-refractivity contribution in [3.05, 3.63) is 49.6 Å². The van der Waals surface area contributed by atoms with Crippen LogP contribution in [0.2, 0.25) is 0 Å². The Morgan fingerprint density at radius 3 is 2.67 bits per heavy atom. The van der Waals surface area contributed by atoms with Crippen LogP contribution in [0.25, 0.3) is 0 Å². The molecule has 0 saturated heterocycles. The molecule has 0 saturated carbocycles.